The van der Waals surface area contributed by atoms with Crippen molar-refractivity contribution in [2.24, 2.45) is 0 Å². The summed E-state index contributed by atoms with van der Waals surface area (Å²) < 4.78 is 11.3. The molecule has 0 amide bonds. The van der Waals surface area contributed by atoms with Crippen molar-refractivity contribution in [3.05, 3.63) is 0 Å². The van der Waals surface area contributed by atoms with Crippen molar-refractivity contribution in [3.63, 3.8) is 0 Å². The summed E-state index contributed by atoms with van der Waals surface area (Å²) in [6, 6.07) is 1.35. The first-order valence-corrected chi connectivity index (χ1v) is 7.81. The van der Waals surface area contributed by atoms with Crippen molar-refractivity contribution in [1.29, 1.82) is 0 Å². The van der Waals surface area contributed by atoms with Gasteiger partial charge in [0.25, 0.3) is 0 Å². The van der Waals surface area contributed by atoms with Gasteiger partial charge in [0.05, 0.1) is 18.8 Å². The zero-order valence-corrected chi connectivity index (χ0v) is 12.7. The number of nitrogens with one attached hydrogen (secondary N) is 1. The van der Waals surface area contributed by atoms with E-state index in [2.05, 4.69) is 24.1 Å². The summed E-state index contributed by atoms with van der Waals surface area (Å²) in [6.45, 7) is 8.38. The SMILES string of the molecule is COCCN(CC1CCC(CNC2CC2)O1)C(C)C. The molecule has 2 fully saturated rings. The predicted octanol–water partition coefficient (Wildman–Crippen LogP) is 1.64. The molecule has 1 aliphatic carbocycles. The smallest absolute Gasteiger partial charge is 0.0707 e. The van der Waals surface area contributed by atoms with Crippen LogP contribution in [0.2, 0.25) is 0 Å². The van der Waals surface area contributed by atoms with E-state index in [9.17, 15) is 0 Å². The van der Waals surface area contributed by atoms with Crippen molar-refractivity contribution < 1.29 is 9.47 Å². The first kappa shape index (κ1) is 15.2. The molecule has 2 aliphatic rings. The van der Waals surface area contributed by atoms with Crippen LogP contribution in [0.15, 0.2) is 0 Å². The highest BCUT2D eigenvalue weighted by Crippen LogP contribution is 2.23. The molecule has 0 aromatic heterocycles. The highest BCUT2D eigenvalue weighted by molar-refractivity contribution is 4.85. The lowest BCUT2D eigenvalue weighted by molar-refractivity contribution is 0.0116. The number of ether oxygens (including phenoxy) is 2. The fourth-order valence-electron chi connectivity index (χ4n) is 2.68. The summed E-state index contributed by atoms with van der Waals surface area (Å²) in [4.78, 5) is 2.46. The minimum Gasteiger partial charge on any atom is -0.383 e. The second kappa shape index (κ2) is 7.58. The molecular formula is C15H30N2O2. The van der Waals surface area contributed by atoms with Crippen LogP contribution in [0, 0.1) is 0 Å². The van der Waals surface area contributed by atoms with Gasteiger partial charge in [-0.05, 0) is 39.5 Å². The summed E-state index contributed by atoms with van der Waals surface area (Å²) in [6.07, 6.45) is 5.96. The van der Waals surface area contributed by atoms with Gasteiger partial charge in [-0.15, -0.1) is 0 Å². The molecule has 4 nitrogen and oxygen atoms in total. The summed E-state index contributed by atoms with van der Waals surface area (Å²) >= 11 is 0. The Bertz CT molecular complexity index is 257. The zero-order valence-electron chi connectivity index (χ0n) is 12.7. The number of hydrogen-bond acceptors (Lipinski definition) is 4. The van der Waals surface area contributed by atoms with Gasteiger partial charge in [0.15, 0.2) is 0 Å². The Balaban J connectivity index is 1.66. The van der Waals surface area contributed by atoms with E-state index < -0.39 is 0 Å². The Hall–Kier alpha value is -0.160. The van der Waals surface area contributed by atoms with Crippen LogP contribution in [0.4, 0.5) is 0 Å². The molecule has 1 heterocycles. The van der Waals surface area contributed by atoms with Crippen molar-refractivity contribution >= 4 is 0 Å². The molecule has 0 aromatic carbocycles. The fourth-order valence-corrected chi connectivity index (χ4v) is 2.68. The molecule has 0 bridgehead atoms. The molecule has 2 rings (SSSR count). The van der Waals surface area contributed by atoms with Crippen LogP contribution in [0.3, 0.4) is 0 Å². The van der Waals surface area contributed by atoms with Crippen LogP contribution >= 0.6 is 0 Å². The molecular weight excluding hydrogens is 240 g/mol. The highest BCUT2D eigenvalue weighted by atomic mass is 16.5. The second-order valence-corrected chi connectivity index (χ2v) is 6.22. The van der Waals surface area contributed by atoms with Gasteiger partial charge < -0.3 is 14.8 Å². The Morgan fingerprint density at radius 3 is 2.58 bits per heavy atom. The standard InChI is InChI=1S/C15H30N2O2/c1-12(2)17(8-9-18-3)11-15-7-6-14(19-15)10-16-13-4-5-13/h12-16H,4-11H2,1-3H3. The van der Waals surface area contributed by atoms with Gasteiger partial charge in [-0.2, -0.15) is 0 Å². The average molecular weight is 270 g/mol. The lowest BCUT2D eigenvalue weighted by Crippen LogP contribution is -2.40. The molecule has 1 saturated heterocycles. The number of nitrogens with zero attached hydrogens (tertiary/aromatic N) is 1. The van der Waals surface area contributed by atoms with Gasteiger partial charge in [0.1, 0.15) is 0 Å². The molecule has 1 N–H and O–H groups in total. The molecule has 2 unspecified atom stereocenters. The van der Waals surface area contributed by atoms with Gasteiger partial charge in [-0.3, -0.25) is 4.90 Å². The summed E-state index contributed by atoms with van der Waals surface area (Å²) in [5, 5.41) is 3.57. The van der Waals surface area contributed by atoms with Crippen molar-refractivity contribution in [3.8, 4) is 0 Å². The third-order valence-electron chi connectivity index (χ3n) is 4.16. The van der Waals surface area contributed by atoms with Crippen LogP contribution in [0.5, 0.6) is 0 Å². The molecule has 1 aliphatic heterocycles. The van der Waals surface area contributed by atoms with Crippen LogP contribution in [0.1, 0.15) is 39.5 Å². The predicted molar refractivity (Wildman–Crippen MR) is 77.5 cm³/mol. The molecule has 19 heavy (non-hydrogen) atoms. The van der Waals surface area contributed by atoms with E-state index in [4.69, 9.17) is 9.47 Å². The van der Waals surface area contributed by atoms with Gasteiger partial charge in [-0.25, -0.2) is 0 Å². The third kappa shape index (κ3) is 5.38. The van der Waals surface area contributed by atoms with E-state index in [-0.39, 0.29) is 0 Å². The van der Waals surface area contributed by atoms with Gasteiger partial charge in [-0.1, -0.05) is 0 Å². The fraction of sp³-hybridized carbons (Fsp3) is 1.00. The number of hydrogen-bond donors (Lipinski definition) is 1. The van der Waals surface area contributed by atoms with E-state index in [1.165, 1.54) is 25.7 Å². The van der Waals surface area contributed by atoms with Crippen LogP contribution in [-0.2, 0) is 9.47 Å². The quantitative estimate of drug-likeness (QED) is 0.691. The highest BCUT2D eigenvalue weighted by Gasteiger charge is 2.29. The Labute approximate surface area is 117 Å². The third-order valence-corrected chi connectivity index (χ3v) is 4.16. The Kier molecular flexibility index (Phi) is 6.07. The topological polar surface area (TPSA) is 33.7 Å². The molecule has 0 radical (unpaired) electrons. The molecule has 0 aromatic rings. The molecule has 2 atom stereocenters. The second-order valence-electron chi connectivity index (χ2n) is 6.22. The molecule has 4 heteroatoms. The first-order valence-electron chi connectivity index (χ1n) is 7.81. The summed E-state index contributed by atoms with van der Waals surface area (Å²) in [7, 11) is 1.77. The minimum absolute atomic E-state index is 0.408. The summed E-state index contributed by atoms with van der Waals surface area (Å²) in [5.41, 5.74) is 0. The lowest BCUT2D eigenvalue weighted by atomic mass is 10.1. The van der Waals surface area contributed by atoms with Gasteiger partial charge >= 0.3 is 0 Å². The van der Waals surface area contributed by atoms with E-state index in [1.807, 2.05) is 0 Å². The average Bonchev–Trinajstić information content (AvgIpc) is 3.11. The monoisotopic (exact) mass is 270 g/mol. The minimum atomic E-state index is 0.408. The van der Waals surface area contributed by atoms with Crippen molar-refractivity contribution in [2.75, 3.05) is 33.4 Å². The van der Waals surface area contributed by atoms with Gasteiger partial charge in [0.2, 0.25) is 0 Å². The largest absolute Gasteiger partial charge is 0.383 e. The number of rotatable bonds is 9. The lowest BCUT2D eigenvalue weighted by Gasteiger charge is -2.28. The van der Waals surface area contributed by atoms with Crippen molar-refractivity contribution in [1.82, 2.24) is 10.2 Å². The number of methoxy groups -OCH3 is 1. The van der Waals surface area contributed by atoms with Crippen molar-refractivity contribution in [2.45, 2.75) is 63.8 Å². The van der Waals surface area contributed by atoms with Crippen LogP contribution in [0.25, 0.3) is 0 Å². The maximum absolute atomic E-state index is 6.16. The first-order chi connectivity index (χ1) is 9.19. The molecule has 1 saturated carbocycles. The Morgan fingerprint density at radius 1 is 1.21 bits per heavy atom. The molecule has 112 valence electrons. The Morgan fingerprint density at radius 2 is 1.95 bits per heavy atom. The van der Waals surface area contributed by atoms with E-state index in [0.29, 0.717) is 18.2 Å². The zero-order chi connectivity index (χ0) is 13.7. The van der Waals surface area contributed by atoms with E-state index in [0.717, 1.165) is 32.3 Å². The normalized spacial score (nSPS) is 27.6. The molecule has 0 spiro atoms. The maximum Gasteiger partial charge on any atom is 0.0707 e. The maximum atomic E-state index is 6.16. The van der Waals surface area contributed by atoms with E-state index >= 15 is 0 Å². The summed E-state index contributed by atoms with van der Waals surface area (Å²) in [5.74, 6) is 0. The van der Waals surface area contributed by atoms with Crippen LogP contribution in [-0.4, -0.2) is 62.5 Å². The van der Waals surface area contributed by atoms with E-state index in [1.54, 1.807) is 7.11 Å². The van der Waals surface area contributed by atoms with Crippen LogP contribution < -0.4 is 5.32 Å². The van der Waals surface area contributed by atoms with Gasteiger partial charge in [0, 0.05) is 38.8 Å².